The second-order valence-corrected chi connectivity index (χ2v) is 8.56. The molecule has 0 unspecified atom stereocenters. The molecule has 0 fully saturated rings. The van der Waals surface area contributed by atoms with E-state index in [1.54, 1.807) is 26.6 Å². The molecule has 4 heteroatoms. The normalized spacial score (nSPS) is 12.6. The van der Waals surface area contributed by atoms with Crippen molar-refractivity contribution in [3.8, 4) is 5.75 Å². The third kappa shape index (κ3) is 2.85. The Morgan fingerprint density at radius 3 is 2.25 bits per heavy atom. The maximum absolute atomic E-state index is 11.9. The molecule has 0 aliphatic carbocycles. The zero-order valence-electron chi connectivity index (χ0n) is 10.9. The van der Waals surface area contributed by atoms with Crippen molar-refractivity contribution in [1.82, 2.24) is 4.98 Å². The highest BCUT2D eigenvalue weighted by Gasteiger charge is 2.23. The zero-order chi connectivity index (χ0) is 12.6. The Bertz CT molecular complexity index is 429. The van der Waals surface area contributed by atoms with Gasteiger partial charge >= 0.3 is 0 Å². The van der Waals surface area contributed by atoms with E-state index in [-0.39, 0.29) is 5.41 Å². The molecular formula is C12H20NO2P. The van der Waals surface area contributed by atoms with Crippen molar-refractivity contribution >= 4 is 12.4 Å². The molecule has 0 aliphatic heterocycles. The van der Waals surface area contributed by atoms with Gasteiger partial charge in [-0.2, -0.15) is 0 Å². The van der Waals surface area contributed by atoms with E-state index in [2.05, 4.69) is 25.8 Å². The average Bonchev–Trinajstić information content (AvgIpc) is 2.14. The van der Waals surface area contributed by atoms with Gasteiger partial charge in [0.1, 0.15) is 12.9 Å². The molecule has 1 heterocycles. The number of methoxy groups -OCH3 is 1. The van der Waals surface area contributed by atoms with Crippen molar-refractivity contribution in [1.29, 1.82) is 0 Å². The summed E-state index contributed by atoms with van der Waals surface area (Å²) < 4.78 is 17.3. The van der Waals surface area contributed by atoms with Crippen LogP contribution in [0.4, 0.5) is 0 Å². The quantitative estimate of drug-likeness (QED) is 0.747. The number of hydrogen-bond acceptors (Lipinski definition) is 3. The Kier molecular flexibility index (Phi) is 3.49. The second-order valence-electron chi connectivity index (χ2n) is 5.35. The third-order valence-corrected chi connectivity index (χ3v) is 3.88. The number of rotatable bonds is 2. The summed E-state index contributed by atoms with van der Waals surface area (Å²) in [6.07, 6.45) is 1.70. The standard InChI is InChI=1S/C12H20NO2P/c1-12(2,3)11-10(15-4)7-9(8-13-11)16(5,6)14/h7-8H,1-6H3. The maximum atomic E-state index is 11.9. The van der Waals surface area contributed by atoms with Crippen LogP contribution in [0, 0.1) is 0 Å². The van der Waals surface area contributed by atoms with E-state index in [9.17, 15) is 4.57 Å². The molecule has 0 saturated heterocycles. The molecule has 0 aliphatic rings. The summed E-state index contributed by atoms with van der Waals surface area (Å²) in [5.74, 6) is 0.717. The van der Waals surface area contributed by atoms with Crippen LogP contribution in [0.15, 0.2) is 12.3 Å². The molecule has 16 heavy (non-hydrogen) atoms. The molecule has 1 rings (SSSR count). The van der Waals surface area contributed by atoms with Crippen LogP contribution in [0.5, 0.6) is 5.75 Å². The van der Waals surface area contributed by atoms with E-state index in [0.29, 0.717) is 5.75 Å². The lowest BCUT2D eigenvalue weighted by Gasteiger charge is -2.21. The summed E-state index contributed by atoms with van der Waals surface area (Å²) in [7, 11) is -0.655. The number of pyridine rings is 1. The monoisotopic (exact) mass is 241 g/mol. The molecule has 0 bridgehead atoms. The predicted octanol–water partition coefficient (Wildman–Crippen LogP) is 2.64. The van der Waals surface area contributed by atoms with Crippen LogP contribution in [0.2, 0.25) is 0 Å². The molecule has 1 aromatic heterocycles. The number of nitrogens with zero attached hydrogens (tertiary/aromatic N) is 1. The Hall–Kier alpha value is -0.820. The van der Waals surface area contributed by atoms with Gasteiger partial charge in [-0.25, -0.2) is 0 Å². The van der Waals surface area contributed by atoms with E-state index < -0.39 is 7.14 Å². The summed E-state index contributed by atoms with van der Waals surface area (Å²) in [6.45, 7) is 9.71. The molecule has 0 saturated carbocycles. The first kappa shape index (κ1) is 13.2. The highest BCUT2D eigenvalue weighted by Crippen LogP contribution is 2.37. The largest absolute Gasteiger partial charge is 0.495 e. The molecule has 0 aromatic carbocycles. The smallest absolute Gasteiger partial charge is 0.141 e. The van der Waals surface area contributed by atoms with Crippen molar-refractivity contribution < 1.29 is 9.30 Å². The van der Waals surface area contributed by atoms with Gasteiger partial charge < -0.3 is 9.30 Å². The van der Waals surface area contributed by atoms with Crippen LogP contribution in [0.25, 0.3) is 0 Å². The van der Waals surface area contributed by atoms with Gasteiger partial charge in [-0.1, -0.05) is 20.8 Å². The van der Waals surface area contributed by atoms with Crippen molar-refractivity contribution in [2.75, 3.05) is 20.4 Å². The molecule has 0 spiro atoms. The lowest BCUT2D eigenvalue weighted by Crippen LogP contribution is -2.18. The van der Waals surface area contributed by atoms with Crippen molar-refractivity contribution in [2.45, 2.75) is 26.2 Å². The minimum Gasteiger partial charge on any atom is -0.495 e. The van der Waals surface area contributed by atoms with Crippen LogP contribution in [-0.2, 0) is 9.98 Å². The van der Waals surface area contributed by atoms with E-state index >= 15 is 0 Å². The van der Waals surface area contributed by atoms with E-state index in [4.69, 9.17) is 4.74 Å². The molecule has 0 radical (unpaired) electrons. The second kappa shape index (κ2) is 4.21. The minimum atomic E-state index is -2.27. The fourth-order valence-corrected chi connectivity index (χ4v) is 2.21. The predicted molar refractivity (Wildman–Crippen MR) is 68.6 cm³/mol. The van der Waals surface area contributed by atoms with Gasteiger partial charge in [0.15, 0.2) is 0 Å². The minimum absolute atomic E-state index is 0.0741. The lowest BCUT2D eigenvalue weighted by molar-refractivity contribution is 0.392. The third-order valence-electron chi connectivity index (χ3n) is 2.39. The van der Waals surface area contributed by atoms with Gasteiger partial charge in [0, 0.05) is 16.9 Å². The van der Waals surface area contributed by atoms with E-state index in [1.807, 2.05) is 6.07 Å². The first-order valence-electron chi connectivity index (χ1n) is 5.26. The van der Waals surface area contributed by atoms with E-state index in [1.165, 1.54) is 0 Å². The summed E-state index contributed by atoms with van der Waals surface area (Å²) in [4.78, 5) is 4.39. The van der Waals surface area contributed by atoms with Crippen LogP contribution < -0.4 is 10.0 Å². The number of ether oxygens (including phenoxy) is 1. The highest BCUT2D eigenvalue weighted by atomic mass is 31.2. The van der Waals surface area contributed by atoms with Crippen LogP contribution >= 0.6 is 7.14 Å². The number of hydrogen-bond donors (Lipinski definition) is 0. The Balaban J connectivity index is 3.34. The molecule has 90 valence electrons. The molecule has 0 N–H and O–H groups in total. The molecule has 1 aromatic rings. The zero-order valence-corrected chi connectivity index (χ0v) is 11.8. The molecule has 0 amide bonds. The van der Waals surface area contributed by atoms with Crippen LogP contribution in [0.3, 0.4) is 0 Å². The topological polar surface area (TPSA) is 39.2 Å². The first-order valence-corrected chi connectivity index (χ1v) is 7.86. The van der Waals surface area contributed by atoms with Gasteiger partial charge in [0.05, 0.1) is 12.8 Å². The molecule has 3 nitrogen and oxygen atoms in total. The Morgan fingerprint density at radius 1 is 1.31 bits per heavy atom. The Labute approximate surface area is 97.6 Å². The van der Waals surface area contributed by atoms with Crippen LogP contribution in [-0.4, -0.2) is 25.4 Å². The lowest BCUT2D eigenvalue weighted by atomic mass is 9.91. The highest BCUT2D eigenvalue weighted by molar-refractivity contribution is 7.70. The maximum Gasteiger partial charge on any atom is 0.141 e. The van der Waals surface area contributed by atoms with E-state index in [0.717, 1.165) is 11.0 Å². The average molecular weight is 241 g/mol. The van der Waals surface area contributed by atoms with Gasteiger partial charge in [-0.3, -0.25) is 4.98 Å². The summed E-state index contributed by atoms with van der Waals surface area (Å²) in [5, 5.41) is 0.761. The SMILES string of the molecule is COc1cc(P(C)(C)=O)cnc1C(C)(C)C. The van der Waals surface area contributed by atoms with Crippen LogP contribution in [0.1, 0.15) is 26.5 Å². The molecular weight excluding hydrogens is 221 g/mol. The van der Waals surface area contributed by atoms with Crippen molar-refractivity contribution in [3.05, 3.63) is 18.0 Å². The van der Waals surface area contributed by atoms with Gasteiger partial charge in [0.2, 0.25) is 0 Å². The summed E-state index contributed by atoms with van der Waals surface area (Å²) in [6, 6.07) is 1.84. The summed E-state index contributed by atoms with van der Waals surface area (Å²) in [5.41, 5.74) is 0.821. The fourth-order valence-electron chi connectivity index (χ4n) is 1.45. The van der Waals surface area contributed by atoms with Gasteiger partial charge in [0.25, 0.3) is 0 Å². The fraction of sp³-hybridized carbons (Fsp3) is 0.583. The Morgan fingerprint density at radius 2 is 1.88 bits per heavy atom. The number of aromatic nitrogens is 1. The summed E-state index contributed by atoms with van der Waals surface area (Å²) >= 11 is 0. The van der Waals surface area contributed by atoms with Crippen molar-refractivity contribution in [2.24, 2.45) is 0 Å². The van der Waals surface area contributed by atoms with Gasteiger partial charge in [-0.15, -0.1) is 0 Å². The molecule has 0 atom stereocenters. The first-order chi connectivity index (χ1) is 7.16. The van der Waals surface area contributed by atoms with Gasteiger partial charge in [-0.05, 0) is 19.4 Å². The van der Waals surface area contributed by atoms with Crippen molar-refractivity contribution in [3.63, 3.8) is 0 Å².